The van der Waals surface area contributed by atoms with Crippen molar-refractivity contribution in [3.8, 4) is 5.75 Å². The Morgan fingerprint density at radius 2 is 1.88 bits per heavy atom. The van der Waals surface area contributed by atoms with Gasteiger partial charge in [-0.05, 0) is 69.7 Å². The van der Waals surface area contributed by atoms with Gasteiger partial charge >= 0.3 is 0 Å². The molecule has 0 saturated heterocycles. The van der Waals surface area contributed by atoms with Crippen molar-refractivity contribution in [2.45, 2.75) is 46.3 Å². The minimum absolute atomic E-state index is 0.0329. The Morgan fingerprint density at radius 1 is 1.19 bits per heavy atom. The maximum absolute atomic E-state index is 13.2. The second-order valence-electron chi connectivity index (χ2n) is 8.09. The quantitative estimate of drug-likeness (QED) is 0.522. The highest BCUT2D eigenvalue weighted by Gasteiger charge is 2.44. The van der Waals surface area contributed by atoms with Crippen molar-refractivity contribution in [2.24, 2.45) is 0 Å². The molecule has 0 bridgehead atoms. The van der Waals surface area contributed by atoms with Crippen LogP contribution in [0, 0.1) is 0 Å². The molecule has 7 heteroatoms. The van der Waals surface area contributed by atoms with Crippen LogP contribution in [0.15, 0.2) is 58.4 Å². The number of amides is 1. The highest BCUT2D eigenvalue weighted by atomic mass is 16.5. The molecule has 1 aliphatic rings. The van der Waals surface area contributed by atoms with Crippen LogP contribution in [0.2, 0.25) is 0 Å². The number of carbonyl (C=O) groups excluding carboxylic acids is 2. The van der Waals surface area contributed by atoms with E-state index in [0.29, 0.717) is 12.3 Å². The lowest BCUT2D eigenvalue weighted by Gasteiger charge is -2.28. The monoisotopic (exact) mass is 440 g/mol. The minimum Gasteiger partial charge on any atom is -0.503 e. The highest BCUT2D eigenvalue weighted by Crippen LogP contribution is 2.39. The van der Waals surface area contributed by atoms with E-state index in [0.717, 1.165) is 31.6 Å². The second kappa shape index (κ2) is 10.5. The van der Waals surface area contributed by atoms with Gasteiger partial charge in [0.15, 0.2) is 11.5 Å². The van der Waals surface area contributed by atoms with Crippen LogP contribution >= 0.6 is 0 Å². The van der Waals surface area contributed by atoms with E-state index < -0.39 is 23.5 Å². The van der Waals surface area contributed by atoms with Gasteiger partial charge < -0.3 is 24.1 Å². The fraction of sp³-hybridized carbons (Fsp3) is 0.440. The molecular weight excluding hydrogens is 408 g/mol. The maximum atomic E-state index is 13.2. The summed E-state index contributed by atoms with van der Waals surface area (Å²) in [5.41, 5.74) is 0.779. The van der Waals surface area contributed by atoms with Gasteiger partial charge in [-0.1, -0.05) is 26.0 Å². The van der Waals surface area contributed by atoms with Gasteiger partial charge in [-0.25, -0.2) is 0 Å². The van der Waals surface area contributed by atoms with E-state index in [-0.39, 0.29) is 17.4 Å². The molecule has 172 valence electrons. The molecule has 0 fully saturated rings. The predicted molar refractivity (Wildman–Crippen MR) is 122 cm³/mol. The molecule has 1 amide bonds. The van der Waals surface area contributed by atoms with E-state index in [9.17, 15) is 14.7 Å². The first-order valence-corrected chi connectivity index (χ1v) is 11.2. The van der Waals surface area contributed by atoms with Gasteiger partial charge in [0, 0.05) is 6.54 Å². The number of furan rings is 1. The topological polar surface area (TPSA) is 83.2 Å². The smallest absolute Gasteiger partial charge is 0.290 e. The van der Waals surface area contributed by atoms with Crippen molar-refractivity contribution < 1.29 is 23.8 Å². The number of aliphatic hydroxyl groups is 1. The van der Waals surface area contributed by atoms with Crippen LogP contribution in [0.3, 0.4) is 0 Å². The summed E-state index contributed by atoms with van der Waals surface area (Å²) in [6.45, 7) is 11.2. The summed E-state index contributed by atoms with van der Waals surface area (Å²) in [5.74, 6) is -0.740. The fourth-order valence-electron chi connectivity index (χ4n) is 4.01. The van der Waals surface area contributed by atoms with Crippen LogP contribution in [0.1, 0.15) is 56.3 Å². The third-order valence-electron chi connectivity index (χ3n) is 5.63. The normalized spacial score (nSPS) is 16.5. The third-order valence-corrected chi connectivity index (χ3v) is 5.63. The van der Waals surface area contributed by atoms with E-state index >= 15 is 0 Å². The summed E-state index contributed by atoms with van der Waals surface area (Å²) in [6.07, 6.45) is 2.16. The summed E-state index contributed by atoms with van der Waals surface area (Å²) < 4.78 is 11.0. The number of hydrogen-bond donors (Lipinski definition) is 1. The number of rotatable bonds is 11. The Labute approximate surface area is 189 Å². The molecule has 1 atom stereocenters. The first-order chi connectivity index (χ1) is 15.4. The lowest BCUT2D eigenvalue weighted by Crippen LogP contribution is -2.34. The molecule has 1 aromatic carbocycles. The van der Waals surface area contributed by atoms with Crippen LogP contribution < -0.4 is 4.74 Å². The molecule has 2 heterocycles. The lowest BCUT2D eigenvalue weighted by atomic mass is 9.95. The molecule has 0 aliphatic carbocycles. The number of Topliss-reactive ketones (excluding diaryl/α,β-unsaturated/α-hetero) is 1. The van der Waals surface area contributed by atoms with E-state index in [4.69, 9.17) is 9.15 Å². The van der Waals surface area contributed by atoms with Crippen LogP contribution in [0.25, 0.3) is 0 Å². The zero-order chi connectivity index (χ0) is 23.3. The van der Waals surface area contributed by atoms with Gasteiger partial charge in [0.25, 0.3) is 5.91 Å². The minimum atomic E-state index is -0.690. The summed E-state index contributed by atoms with van der Waals surface area (Å²) in [5, 5.41) is 10.7. The van der Waals surface area contributed by atoms with Crippen LogP contribution in [0.4, 0.5) is 0 Å². The van der Waals surface area contributed by atoms with E-state index in [2.05, 4.69) is 18.7 Å². The molecule has 0 saturated carbocycles. The van der Waals surface area contributed by atoms with Crippen molar-refractivity contribution in [1.82, 2.24) is 9.80 Å². The maximum Gasteiger partial charge on any atom is 0.290 e. The van der Waals surface area contributed by atoms with Crippen LogP contribution in [0.5, 0.6) is 5.75 Å². The zero-order valence-electron chi connectivity index (χ0n) is 19.2. The number of ether oxygens (including phenoxy) is 1. The Morgan fingerprint density at radius 3 is 2.44 bits per heavy atom. The van der Waals surface area contributed by atoms with Gasteiger partial charge in [-0.2, -0.15) is 0 Å². The van der Waals surface area contributed by atoms with Crippen molar-refractivity contribution in [1.29, 1.82) is 0 Å². The van der Waals surface area contributed by atoms with E-state index in [1.165, 1.54) is 12.3 Å². The molecule has 0 radical (unpaired) electrons. The van der Waals surface area contributed by atoms with Gasteiger partial charge in [0.1, 0.15) is 5.75 Å². The van der Waals surface area contributed by atoms with Crippen molar-refractivity contribution in [3.63, 3.8) is 0 Å². The highest BCUT2D eigenvalue weighted by molar-refractivity contribution is 6.15. The molecule has 3 rings (SSSR count). The lowest BCUT2D eigenvalue weighted by molar-refractivity contribution is -0.129. The van der Waals surface area contributed by atoms with Gasteiger partial charge in [-0.15, -0.1) is 0 Å². The SMILES string of the molecule is CCN(CC)CCCN1C(=O)C(O)=C(C(=O)c2ccco2)[C@@H]1c1ccc(OC(C)C)cc1. The molecule has 0 unspecified atom stereocenters. The number of ketones is 1. The van der Waals surface area contributed by atoms with Gasteiger partial charge in [0.2, 0.25) is 5.78 Å². The van der Waals surface area contributed by atoms with Crippen LogP contribution in [-0.2, 0) is 4.79 Å². The van der Waals surface area contributed by atoms with Gasteiger partial charge in [0.05, 0.1) is 24.0 Å². The van der Waals surface area contributed by atoms with Crippen molar-refractivity contribution >= 4 is 11.7 Å². The summed E-state index contributed by atoms with van der Waals surface area (Å²) in [4.78, 5) is 30.0. The standard InChI is InChI=1S/C25H32N2O5/c1-5-26(6-2)14-8-15-27-22(18-10-12-19(13-11-18)32-17(3)4)21(24(29)25(27)30)23(28)20-9-7-16-31-20/h7,9-13,16-17,22,29H,5-6,8,14-15H2,1-4H3/t22-/m0/s1. The summed E-state index contributed by atoms with van der Waals surface area (Å²) in [6, 6.07) is 9.76. The molecule has 1 aromatic heterocycles. The average Bonchev–Trinajstić information content (AvgIpc) is 3.39. The molecule has 2 aromatic rings. The first-order valence-electron chi connectivity index (χ1n) is 11.2. The molecular formula is C25H32N2O5. The van der Waals surface area contributed by atoms with Gasteiger partial charge in [-0.3, -0.25) is 9.59 Å². The molecule has 0 spiro atoms. The molecule has 1 N–H and O–H groups in total. The second-order valence-corrected chi connectivity index (χ2v) is 8.09. The van der Waals surface area contributed by atoms with Crippen molar-refractivity contribution in [3.05, 3.63) is 65.3 Å². The zero-order valence-corrected chi connectivity index (χ0v) is 19.2. The van der Waals surface area contributed by atoms with E-state index in [1.54, 1.807) is 11.0 Å². The number of hydrogen-bond acceptors (Lipinski definition) is 6. The number of aliphatic hydroxyl groups excluding tert-OH is 1. The summed E-state index contributed by atoms with van der Waals surface area (Å²) in [7, 11) is 0. The number of benzene rings is 1. The molecule has 32 heavy (non-hydrogen) atoms. The Bertz CT molecular complexity index is 943. The fourth-order valence-corrected chi connectivity index (χ4v) is 4.01. The van der Waals surface area contributed by atoms with Crippen molar-refractivity contribution in [2.75, 3.05) is 26.2 Å². The Kier molecular flexibility index (Phi) is 7.75. The van der Waals surface area contributed by atoms with E-state index in [1.807, 2.05) is 38.1 Å². The first kappa shape index (κ1) is 23.6. The number of nitrogens with zero attached hydrogens (tertiary/aromatic N) is 2. The predicted octanol–water partition coefficient (Wildman–Crippen LogP) is 4.38. The number of carbonyl (C=O) groups is 2. The average molecular weight is 441 g/mol. The molecule has 1 aliphatic heterocycles. The van der Waals surface area contributed by atoms with Crippen LogP contribution in [-0.4, -0.2) is 58.9 Å². The third kappa shape index (κ3) is 5.05. The molecule has 7 nitrogen and oxygen atoms in total. The Hall–Kier alpha value is -3.06. The Balaban J connectivity index is 1.92. The summed E-state index contributed by atoms with van der Waals surface area (Å²) >= 11 is 0. The largest absolute Gasteiger partial charge is 0.503 e.